The highest BCUT2D eigenvalue weighted by molar-refractivity contribution is 7.92. The van der Waals surface area contributed by atoms with Gasteiger partial charge in [-0.2, -0.15) is 0 Å². The summed E-state index contributed by atoms with van der Waals surface area (Å²) in [6, 6.07) is 21.1. The normalized spacial score (nSPS) is 12.7. The number of hydrogen-bond donors (Lipinski definition) is 3. The number of aryl methyl sites for hydroxylation is 1. The fourth-order valence-electron chi connectivity index (χ4n) is 4.00. The number of aromatic nitrogens is 2. The van der Waals surface area contributed by atoms with Crippen LogP contribution in [0.5, 0.6) is 0 Å². The van der Waals surface area contributed by atoms with Gasteiger partial charge in [0.25, 0.3) is 15.7 Å². The number of non-ortho nitro benzene ring substituents is 1. The van der Waals surface area contributed by atoms with Gasteiger partial charge < -0.3 is 15.0 Å². The van der Waals surface area contributed by atoms with E-state index in [1.807, 2.05) is 24.6 Å². The second kappa shape index (κ2) is 11.8. The Morgan fingerprint density at radius 2 is 1.77 bits per heavy atom. The molecule has 0 aliphatic carbocycles. The number of aliphatic hydroxyl groups is 1. The van der Waals surface area contributed by atoms with Gasteiger partial charge in [-0.3, -0.25) is 14.8 Å². The Morgan fingerprint density at radius 3 is 2.46 bits per heavy atom. The third-order valence-electron chi connectivity index (χ3n) is 6.35. The number of nitrogens with one attached hydrogen (secondary N) is 2. The molecule has 0 saturated carbocycles. The van der Waals surface area contributed by atoms with Gasteiger partial charge >= 0.3 is 0 Å². The summed E-state index contributed by atoms with van der Waals surface area (Å²) in [4.78, 5) is 15.0. The smallest absolute Gasteiger partial charge is 0.269 e. The van der Waals surface area contributed by atoms with Gasteiger partial charge in [0, 0.05) is 48.2 Å². The number of nitrogens with zero attached hydrogens (tertiary/aromatic N) is 3. The lowest BCUT2D eigenvalue weighted by Gasteiger charge is -2.28. The van der Waals surface area contributed by atoms with E-state index < -0.39 is 21.1 Å². The number of sulfonamides is 1. The Labute approximate surface area is 227 Å². The fourth-order valence-corrected chi connectivity index (χ4v) is 5.07. The quantitative estimate of drug-likeness (QED) is 0.171. The van der Waals surface area contributed by atoms with Gasteiger partial charge in [-0.25, -0.2) is 13.4 Å². The number of anilines is 1. The first-order valence-corrected chi connectivity index (χ1v) is 13.9. The van der Waals surface area contributed by atoms with Crippen molar-refractivity contribution >= 4 is 21.4 Å². The number of rotatable bonds is 12. The van der Waals surface area contributed by atoms with Gasteiger partial charge in [-0.1, -0.05) is 30.3 Å². The van der Waals surface area contributed by atoms with E-state index in [0.717, 1.165) is 17.7 Å². The second-order valence-electron chi connectivity index (χ2n) is 9.88. The second-order valence-corrected chi connectivity index (χ2v) is 11.6. The predicted octanol–water partition coefficient (Wildman–Crippen LogP) is 4.75. The molecule has 0 radical (unpaired) electrons. The summed E-state index contributed by atoms with van der Waals surface area (Å²) in [5.74, 6) is 0. The Balaban J connectivity index is 1.31. The van der Waals surface area contributed by atoms with Crippen LogP contribution < -0.4 is 10.0 Å². The van der Waals surface area contributed by atoms with Gasteiger partial charge in [0.2, 0.25) is 0 Å². The summed E-state index contributed by atoms with van der Waals surface area (Å²) in [5, 5.41) is 25.0. The van der Waals surface area contributed by atoms with Crippen LogP contribution in [0.2, 0.25) is 0 Å². The van der Waals surface area contributed by atoms with E-state index in [-0.39, 0.29) is 22.7 Å². The molecule has 0 spiro atoms. The first-order valence-electron chi connectivity index (χ1n) is 12.4. The Kier molecular flexibility index (Phi) is 8.44. The van der Waals surface area contributed by atoms with Crippen LogP contribution in [0.3, 0.4) is 0 Å². The number of hydrogen-bond acceptors (Lipinski definition) is 7. The van der Waals surface area contributed by atoms with Crippen LogP contribution in [0.15, 0.2) is 96.3 Å². The molecule has 0 aliphatic heterocycles. The molecule has 1 atom stereocenters. The maximum Gasteiger partial charge on any atom is 0.269 e. The molecule has 0 fully saturated rings. The summed E-state index contributed by atoms with van der Waals surface area (Å²) in [7, 11) is -3.73. The zero-order chi connectivity index (χ0) is 28.0. The molecule has 0 bridgehead atoms. The lowest BCUT2D eigenvalue weighted by atomic mass is 9.99. The monoisotopic (exact) mass is 549 g/mol. The highest BCUT2D eigenvalue weighted by Gasteiger charge is 2.20. The summed E-state index contributed by atoms with van der Waals surface area (Å²) in [6.07, 6.45) is 3.53. The minimum absolute atomic E-state index is 0.0356. The van der Waals surface area contributed by atoms with Crippen molar-refractivity contribution in [2.45, 2.75) is 43.4 Å². The lowest BCUT2D eigenvalue weighted by Crippen LogP contribution is -2.42. The molecule has 1 heterocycles. The molecule has 39 heavy (non-hydrogen) atoms. The first kappa shape index (κ1) is 28.0. The molecule has 204 valence electrons. The minimum atomic E-state index is -3.73. The van der Waals surface area contributed by atoms with Crippen LogP contribution in [0.1, 0.15) is 31.9 Å². The van der Waals surface area contributed by atoms with E-state index in [1.165, 1.54) is 24.3 Å². The Bertz CT molecular complexity index is 1520. The highest BCUT2D eigenvalue weighted by Crippen LogP contribution is 2.23. The summed E-state index contributed by atoms with van der Waals surface area (Å²) in [6.45, 7) is 5.03. The average molecular weight is 550 g/mol. The van der Waals surface area contributed by atoms with E-state index in [0.29, 0.717) is 17.8 Å². The lowest BCUT2D eigenvalue weighted by molar-refractivity contribution is -0.384. The van der Waals surface area contributed by atoms with E-state index in [2.05, 4.69) is 15.0 Å². The van der Waals surface area contributed by atoms with Gasteiger partial charge in [0.15, 0.2) is 0 Å². The standard InChI is InChI=1S/C28H31N5O5S/c1-28(2,15-16-32-19-26(29-20-32)21-11-13-24(14-12-21)33(35)36)30-18-27(34)22-7-6-8-23(17-22)31-39(37,38)25-9-4-3-5-10-25/h3-14,17,19-20,27,30-31,34H,15-16,18H2,1-2H3/t27-/m0/s1. The van der Waals surface area contributed by atoms with Crippen molar-refractivity contribution in [1.29, 1.82) is 0 Å². The van der Waals surface area contributed by atoms with E-state index in [1.54, 1.807) is 60.9 Å². The molecule has 1 aromatic heterocycles. The van der Waals surface area contributed by atoms with E-state index in [9.17, 15) is 23.6 Å². The zero-order valence-corrected chi connectivity index (χ0v) is 22.5. The van der Waals surface area contributed by atoms with Gasteiger partial charge in [-0.05, 0) is 62.2 Å². The highest BCUT2D eigenvalue weighted by atomic mass is 32.2. The van der Waals surface area contributed by atoms with Crippen molar-refractivity contribution in [3.8, 4) is 11.3 Å². The van der Waals surface area contributed by atoms with Crippen molar-refractivity contribution in [2.24, 2.45) is 0 Å². The average Bonchev–Trinajstić information content (AvgIpc) is 3.40. The number of nitro benzene ring substituents is 1. The van der Waals surface area contributed by atoms with Gasteiger partial charge in [-0.15, -0.1) is 0 Å². The molecule has 3 aromatic carbocycles. The molecule has 3 N–H and O–H groups in total. The van der Waals surface area contributed by atoms with Crippen molar-refractivity contribution in [1.82, 2.24) is 14.9 Å². The minimum Gasteiger partial charge on any atom is -0.387 e. The van der Waals surface area contributed by atoms with Crippen molar-refractivity contribution in [3.63, 3.8) is 0 Å². The van der Waals surface area contributed by atoms with Crippen LogP contribution in [-0.2, 0) is 16.6 Å². The van der Waals surface area contributed by atoms with Crippen LogP contribution in [0.25, 0.3) is 11.3 Å². The number of benzene rings is 3. The number of aliphatic hydroxyl groups excluding tert-OH is 1. The summed E-state index contributed by atoms with van der Waals surface area (Å²) >= 11 is 0. The Hall–Kier alpha value is -4.06. The zero-order valence-electron chi connectivity index (χ0n) is 21.7. The predicted molar refractivity (Wildman–Crippen MR) is 150 cm³/mol. The fraction of sp³-hybridized carbons (Fsp3) is 0.250. The van der Waals surface area contributed by atoms with Crippen LogP contribution in [-0.4, -0.2) is 40.1 Å². The SMILES string of the molecule is CC(C)(CCn1cnc(-c2ccc([N+](=O)[O-])cc2)c1)NC[C@H](O)c1cccc(NS(=O)(=O)c2ccccc2)c1. The first-order chi connectivity index (χ1) is 18.5. The van der Waals surface area contributed by atoms with Gasteiger partial charge in [0.1, 0.15) is 0 Å². The summed E-state index contributed by atoms with van der Waals surface area (Å²) in [5.41, 5.74) is 2.22. The molecule has 4 aromatic rings. The molecule has 10 nitrogen and oxygen atoms in total. The topological polar surface area (TPSA) is 139 Å². The van der Waals surface area contributed by atoms with Gasteiger partial charge in [0.05, 0.1) is 27.9 Å². The molecule has 4 rings (SSSR count). The van der Waals surface area contributed by atoms with Crippen LogP contribution in [0, 0.1) is 10.1 Å². The number of nitro groups is 1. The third-order valence-corrected chi connectivity index (χ3v) is 7.75. The maximum absolute atomic E-state index is 12.6. The third kappa shape index (κ3) is 7.50. The van der Waals surface area contributed by atoms with Crippen LogP contribution >= 0.6 is 0 Å². The Morgan fingerprint density at radius 1 is 1.05 bits per heavy atom. The molecule has 0 unspecified atom stereocenters. The molecule has 11 heteroatoms. The molecular formula is C28H31N5O5S. The van der Waals surface area contributed by atoms with E-state index >= 15 is 0 Å². The molecule has 0 aliphatic rings. The number of imidazole rings is 1. The van der Waals surface area contributed by atoms with Crippen molar-refractivity contribution in [2.75, 3.05) is 11.3 Å². The largest absolute Gasteiger partial charge is 0.387 e. The number of β-amino-alcohol motifs (C(OH)–C–C–N with tert-alkyl or cyclic N) is 1. The molecular weight excluding hydrogens is 518 g/mol. The summed E-state index contributed by atoms with van der Waals surface area (Å²) < 4.78 is 29.8. The molecule has 0 amide bonds. The van der Waals surface area contributed by atoms with Crippen molar-refractivity contribution < 1.29 is 18.4 Å². The van der Waals surface area contributed by atoms with E-state index in [4.69, 9.17) is 0 Å². The maximum atomic E-state index is 12.6. The molecule has 0 saturated heterocycles. The van der Waals surface area contributed by atoms with Crippen LogP contribution in [0.4, 0.5) is 11.4 Å². The van der Waals surface area contributed by atoms with Crippen molar-refractivity contribution in [3.05, 3.63) is 107 Å².